The molecule has 0 unspecified atom stereocenters. The third-order valence-corrected chi connectivity index (χ3v) is 3.82. The third-order valence-electron chi connectivity index (χ3n) is 2.85. The summed E-state index contributed by atoms with van der Waals surface area (Å²) in [5, 5.41) is 7.16. The number of rotatable bonds is 3. The highest BCUT2D eigenvalue weighted by Gasteiger charge is 2.16. The minimum absolute atomic E-state index is 0.114. The van der Waals surface area contributed by atoms with Crippen LogP contribution in [0.3, 0.4) is 0 Å². The zero-order valence-corrected chi connectivity index (χ0v) is 12.8. The van der Waals surface area contributed by atoms with E-state index in [1.807, 2.05) is 27.0 Å². The normalized spacial score (nSPS) is 11.1. The number of hydrogen-bond donors (Lipinski definition) is 1. The lowest BCUT2D eigenvalue weighted by Crippen LogP contribution is -2.30. The van der Waals surface area contributed by atoms with Gasteiger partial charge in [0.25, 0.3) is 5.91 Å². The van der Waals surface area contributed by atoms with Crippen molar-refractivity contribution < 1.29 is 4.79 Å². The molecule has 0 aliphatic rings. The van der Waals surface area contributed by atoms with Crippen LogP contribution in [0, 0.1) is 13.8 Å². The van der Waals surface area contributed by atoms with Gasteiger partial charge in [0.15, 0.2) is 5.69 Å². The first-order valence-corrected chi connectivity index (χ1v) is 7.12. The van der Waals surface area contributed by atoms with E-state index in [0.717, 1.165) is 11.3 Å². The second-order valence-electron chi connectivity index (χ2n) is 4.99. The maximum absolute atomic E-state index is 12.0. The quantitative estimate of drug-likeness (QED) is 0.937. The molecule has 102 valence electrons. The molecule has 0 bridgehead atoms. The number of hydrogen-bond acceptors (Lipinski definition) is 3. The highest BCUT2D eigenvalue weighted by molar-refractivity contribution is 7.12. The lowest BCUT2D eigenvalue weighted by molar-refractivity contribution is 0.0937. The first-order chi connectivity index (χ1) is 8.88. The van der Waals surface area contributed by atoms with Crippen LogP contribution in [0.5, 0.6) is 0 Å². The van der Waals surface area contributed by atoms with Crippen molar-refractivity contribution in [3.05, 3.63) is 27.6 Å². The monoisotopic (exact) mass is 277 g/mol. The zero-order valence-electron chi connectivity index (χ0n) is 11.9. The Bertz CT molecular complexity index is 610. The van der Waals surface area contributed by atoms with Gasteiger partial charge in [-0.2, -0.15) is 5.10 Å². The topological polar surface area (TPSA) is 46.9 Å². The maximum atomic E-state index is 12.0. The summed E-state index contributed by atoms with van der Waals surface area (Å²) in [6, 6.07) is 4.11. The molecule has 0 aliphatic heterocycles. The average Bonchev–Trinajstić information content (AvgIpc) is 2.81. The number of aromatic nitrogens is 2. The Morgan fingerprint density at radius 1 is 1.37 bits per heavy atom. The molecule has 0 saturated carbocycles. The van der Waals surface area contributed by atoms with Crippen molar-refractivity contribution in [2.75, 3.05) is 0 Å². The minimum atomic E-state index is -0.124. The molecule has 0 atom stereocenters. The van der Waals surface area contributed by atoms with Gasteiger partial charge in [0.1, 0.15) is 0 Å². The minimum Gasteiger partial charge on any atom is -0.348 e. The van der Waals surface area contributed by atoms with E-state index >= 15 is 0 Å². The van der Waals surface area contributed by atoms with Crippen molar-refractivity contribution in [3.63, 3.8) is 0 Å². The summed E-state index contributed by atoms with van der Waals surface area (Å²) in [5.41, 5.74) is 2.60. The Balaban J connectivity index is 2.36. The summed E-state index contributed by atoms with van der Waals surface area (Å²) < 4.78 is 1.77. The van der Waals surface area contributed by atoms with Gasteiger partial charge in [-0.1, -0.05) is 0 Å². The van der Waals surface area contributed by atoms with Crippen molar-refractivity contribution in [3.8, 4) is 11.3 Å². The molecular formula is C14H19N3OS. The van der Waals surface area contributed by atoms with Gasteiger partial charge in [0.05, 0.1) is 5.69 Å². The van der Waals surface area contributed by atoms with Crippen LogP contribution in [0.2, 0.25) is 0 Å². The molecule has 2 heterocycles. The maximum Gasteiger partial charge on any atom is 0.271 e. The van der Waals surface area contributed by atoms with Crippen LogP contribution in [0.1, 0.15) is 34.1 Å². The second kappa shape index (κ2) is 5.17. The average molecular weight is 277 g/mol. The van der Waals surface area contributed by atoms with E-state index < -0.39 is 0 Å². The van der Waals surface area contributed by atoms with Gasteiger partial charge in [-0.3, -0.25) is 9.48 Å². The largest absolute Gasteiger partial charge is 0.348 e. The van der Waals surface area contributed by atoms with Crippen molar-refractivity contribution in [1.82, 2.24) is 15.1 Å². The molecule has 0 aromatic carbocycles. The predicted molar refractivity (Wildman–Crippen MR) is 78.6 cm³/mol. The lowest BCUT2D eigenvalue weighted by atomic mass is 10.1. The molecule has 0 spiro atoms. The Hall–Kier alpha value is -1.62. The fraction of sp³-hybridized carbons (Fsp3) is 0.429. The van der Waals surface area contributed by atoms with Gasteiger partial charge in [0, 0.05) is 28.4 Å². The van der Waals surface area contributed by atoms with Crippen LogP contribution in [-0.2, 0) is 7.05 Å². The Morgan fingerprint density at radius 2 is 2.05 bits per heavy atom. The highest BCUT2D eigenvalue weighted by atomic mass is 32.1. The molecule has 1 N–H and O–H groups in total. The van der Waals surface area contributed by atoms with Crippen LogP contribution >= 0.6 is 11.3 Å². The van der Waals surface area contributed by atoms with Crippen LogP contribution in [0.15, 0.2) is 12.1 Å². The summed E-state index contributed by atoms with van der Waals surface area (Å²) in [7, 11) is 1.87. The molecule has 2 aromatic rings. The smallest absolute Gasteiger partial charge is 0.271 e. The zero-order chi connectivity index (χ0) is 14.2. The van der Waals surface area contributed by atoms with Gasteiger partial charge in [-0.05, 0) is 39.8 Å². The standard InChI is InChI=1S/C14H19N3OS/c1-8(2)15-14(18)12-7-13(17(5)16-12)11-6-9(3)19-10(11)4/h6-8H,1-5H3,(H,15,18). The van der Waals surface area contributed by atoms with Crippen molar-refractivity contribution in [1.29, 1.82) is 0 Å². The molecule has 0 radical (unpaired) electrons. The number of amides is 1. The van der Waals surface area contributed by atoms with Crippen LogP contribution in [-0.4, -0.2) is 21.7 Å². The third kappa shape index (κ3) is 2.87. The molecule has 0 fully saturated rings. The van der Waals surface area contributed by atoms with E-state index in [0.29, 0.717) is 5.69 Å². The van der Waals surface area contributed by atoms with Gasteiger partial charge >= 0.3 is 0 Å². The molecule has 2 aromatic heterocycles. The van der Waals surface area contributed by atoms with E-state index in [1.165, 1.54) is 9.75 Å². The second-order valence-corrected chi connectivity index (χ2v) is 6.45. The fourth-order valence-corrected chi connectivity index (χ4v) is 2.98. The highest BCUT2D eigenvalue weighted by Crippen LogP contribution is 2.30. The molecule has 1 amide bonds. The first kappa shape index (κ1) is 13.8. The fourth-order valence-electron chi connectivity index (χ4n) is 2.05. The van der Waals surface area contributed by atoms with Crippen molar-refractivity contribution in [2.24, 2.45) is 7.05 Å². The van der Waals surface area contributed by atoms with Gasteiger partial charge in [-0.15, -0.1) is 11.3 Å². The molecule has 2 rings (SSSR count). The van der Waals surface area contributed by atoms with Crippen LogP contribution in [0.25, 0.3) is 11.3 Å². The predicted octanol–water partition coefficient (Wildman–Crippen LogP) is 2.90. The van der Waals surface area contributed by atoms with E-state index in [1.54, 1.807) is 16.0 Å². The Kier molecular flexibility index (Phi) is 3.75. The Labute approximate surface area is 117 Å². The molecule has 5 heteroatoms. The van der Waals surface area contributed by atoms with E-state index in [9.17, 15) is 4.79 Å². The summed E-state index contributed by atoms with van der Waals surface area (Å²) in [6.45, 7) is 8.06. The lowest BCUT2D eigenvalue weighted by Gasteiger charge is -2.04. The molecule has 19 heavy (non-hydrogen) atoms. The van der Waals surface area contributed by atoms with Crippen LogP contribution in [0.4, 0.5) is 0 Å². The van der Waals surface area contributed by atoms with Crippen molar-refractivity contribution in [2.45, 2.75) is 33.7 Å². The number of carbonyl (C=O) groups excluding carboxylic acids is 1. The van der Waals surface area contributed by atoms with E-state index in [2.05, 4.69) is 30.3 Å². The van der Waals surface area contributed by atoms with Crippen molar-refractivity contribution >= 4 is 17.2 Å². The van der Waals surface area contributed by atoms with E-state index in [-0.39, 0.29) is 11.9 Å². The molecular weight excluding hydrogens is 258 g/mol. The number of aryl methyl sites for hydroxylation is 3. The molecule has 0 saturated heterocycles. The summed E-state index contributed by atoms with van der Waals surface area (Å²) in [6.07, 6.45) is 0. The Morgan fingerprint density at radius 3 is 2.58 bits per heavy atom. The van der Waals surface area contributed by atoms with Gasteiger partial charge in [0.2, 0.25) is 0 Å². The van der Waals surface area contributed by atoms with Gasteiger partial charge in [-0.25, -0.2) is 0 Å². The summed E-state index contributed by atoms with van der Waals surface area (Å²) >= 11 is 1.76. The van der Waals surface area contributed by atoms with Gasteiger partial charge < -0.3 is 5.32 Å². The number of nitrogens with zero attached hydrogens (tertiary/aromatic N) is 2. The number of thiophene rings is 1. The first-order valence-electron chi connectivity index (χ1n) is 6.30. The van der Waals surface area contributed by atoms with E-state index in [4.69, 9.17) is 0 Å². The number of nitrogens with one attached hydrogen (secondary N) is 1. The van der Waals surface area contributed by atoms with Crippen LogP contribution < -0.4 is 5.32 Å². The molecule has 4 nitrogen and oxygen atoms in total. The summed E-state index contributed by atoms with van der Waals surface area (Å²) in [5.74, 6) is -0.124. The number of carbonyl (C=O) groups is 1. The SMILES string of the molecule is Cc1cc(-c2cc(C(=O)NC(C)C)nn2C)c(C)s1. The molecule has 0 aliphatic carbocycles. The summed E-state index contributed by atoms with van der Waals surface area (Å²) in [4.78, 5) is 14.5.